The molecule has 1 aliphatic heterocycles. The largest absolute Gasteiger partial charge is 0.360 e. The number of fused-ring (bicyclic) bond motifs is 2. The van der Waals surface area contributed by atoms with Crippen molar-refractivity contribution in [2.75, 3.05) is 0 Å². The van der Waals surface area contributed by atoms with Gasteiger partial charge in [-0.3, -0.25) is 0 Å². The molecule has 18 heavy (non-hydrogen) atoms. The summed E-state index contributed by atoms with van der Waals surface area (Å²) in [5.41, 5.74) is 4.67. The van der Waals surface area contributed by atoms with Crippen LogP contribution in [-0.4, -0.2) is 0 Å². The Hall–Kier alpha value is -0.700. The molecule has 0 fully saturated rings. The van der Waals surface area contributed by atoms with Gasteiger partial charge in [0.15, 0.2) is 0 Å². The van der Waals surface area contributed by atoms with Crippen LogP contribution in [0.5, 0.6) is 0 Å². The molecule has 0 amide bonds. The Morgan fingerprint density at radius 2 is 1.94 bits per heavy atom. The number of rotatable bonds is 0. The first kappa shape index (κ1) is 12.3. The molecule has 2 aliphatic rings. The van der Waals surface area contributed by atoms with Crippen molar-refractivity contribution < 1.29 is 0 Å². The van der Waals surface area contributed by atoms with E-state index in [1.54, 1.807) is 6.07 Å². The van der Waals surface area contributed by atoms with E-state index in [4.69, 9.17) is 23.2 Å². The molecule has 0 aromatic heterocycles. The zero-order valence-corrected chi connectivity index (χ0v) is 12.5. The van der Waals surface area contributed by atoms with E-state index in [2.05, 4.69) is 33.4 Å². The van der Waals surface area contributed by atoms with E-state index < -0.39 is 0 Å². The van der Waals surface area contributed by atoms with Crippen LogP contribution in [-0.2, 0) is 6.42 Å². The smallest absolute Gasteiger partial charge is 0.0496 e. The topological polar surface area (TPSA) is 12.0 Å². The second-order valence-corrected chi connectivity index (χ2v) is 6.12. The predicted molar refractivity (Wildman–Crippen MR) is 81.0 cm³/mol. The van der Waals surface area contributed by atoms with Crippen LogP contribution in [0.4, 0.5) is 0 Å². The molecule has 1 aliphatic carbocycles. The average Bonchev–Trinajstić information content (AvgIpc) is 2.49. The summed E-state index contributed by atoms with van der Waals surface area (Å²) in [7, 11) is 0. The molecule has 0 atom stereocenters. The third-order valence-electron chi connectivity index (χ3n) is 3.16. The maximum absolute atomic E-state index is 6.28. The van der Waals surface area contributed by atoms with Gasteiger partial charge in [-0.15, -0.1) is 0 Å². The van der Waals surface area contributed by atoms with Crippen LogP contribution >= 0.6 is 39.1 Å². The minimum Gasteiger partial charge on any atom is -0.360 e. The molecule has 0 saturated heterocycles. The van der Waals surface area contributed by atoms with Gasteiger partial charge in [0.05, 0.1) is 0 Å². The normalized spacial score (nSPS) is 17.6. The van der Waals surface area contributed by atoms with Crippen molar-refractivity contribution >= 4 is 45.2 Å². The van der Waals surface area contributed by atoms with Crippen LogP contribution in [0.1, 0.15) is 17.5 Å². The first-order valence-corrected chi connectivity index (χ1v) is 7.21. The van der Waals surface area contributed by atoms with E-state index in [1.807, 2.05) is 12.3 Å². The van der Waals surface area contributed by atoms with Gasteiger partial charge < -0.3 is 5.32 Å². The molecule has 1 N–H and O–H groups in total. The lowest BCUT2D eigenvalue weighted by atomic mass is 10.0. The molecule has 1 aromatic carbocycles. The molecule has 4 heteroatoms. The number of hydrogen-bond acceptors (Lipinski definition) is 1. The Kier molecular flexibility index (Phi) is 3.27. The lowest BCUT2D eigenvalue weighted by molar-refractivity contribution is 0.918. The van der Waals surface area contributed by atoms with Crippen molar-refractivity contribution in [1.82, 2.24) is 5.32 Å². The van der Waals surface area contributed by atoms with Crippen LogP contribution in [0.2, 0.25) is 10.0 Å². The van der Waals surface area contributed by atoms with E-state index in [9.17, 15) is 0 Å². The van der Waals surface area contributed by atoms with Gasteiger partial charge in [0.25, 0.3) is 0 Å². The highest BCUT2D eigenvalue weighted by Crippen LogP contribution is 2.34. The number of aryl methyl sites for hydroxylation is 1. The molecule has 0 radical (unpaired) electrons. The van der Waals surface area contributed by atoms with Crippen molar-refractivity contribution in [2.24, 2.45) is 0 Å². The van der Waals surface area contributed by atoms with Gasteiger partial charge in [-0.1, -0.05) is 23.2 Å². The minimum atomic E-state index is 0.697. The van der Waals surface area contributed by atoms with Gasteiger partial charge in [0.2, 0.25) is 0 Å². The van der Waals surface area contributed by atoms with Crippen LogP contribution in [0.3, 0.4) is 0 Å². The number of benzene rings is 1. The summed E-state index contributed by atoms with van der Waals surface area (Å²) in [4.78, 5) is 0. The molecule has 92 valence electrons. The molecule has 1 nitrogen and oxygen atoms in total. The zero-order chi connectivity index (χ0) is 12.7. The fourth-order valence-corrected chi connectivity index (χ4v) is 3.27. The highest BCUT2D eigenvalue weighted by atomic mass is 79.9. The highest BCUT2D eigenvalue weighted by Gasteiger charge is 2.17. The zero-order valence-electron chi connectivity index (χ0n) is 9.43. The van der Waals surface area contributed by atoms with E-state index in [-0.39, 0.29) is 0 Å². The second kappa shape index (κ2) is 4.76. The van der Waals surface area contributed by atoms with Gasteiger partial charge >= 0.3 is 0 Å². The third-order valence-corrected chi connectivity index (χ3v) is 4.14. The molecule has 1 aromatic rings. The molecule has 0 unspecified atom stereocenters. The number of nitrogens with one attached hydrogen (secondary N) is 1. The van der Waals surface area contributed by atoms with Crippen LogP contribution in [0, 0.1) is 0 Å². The average molecular weight is 343 g/mol. The molecular weight excluding hydrogens is 333 g/mol. The van der Waals surface area contributed by atoms with Gasteiger partial charge in [-0.2, -0.15) is 0 Å². The van der Waals surface area contributed by atoms with Crippen LogP contribution in [0.15, 0.2) is 40.2 Å². The summed E-state index contributed by atoms with van der Waals surface area (Å²) in [6.07, 6.45) is 8.10. The van der Waals surface area contributed by atoms with Crippen molar-refractivity contribution in [3.63, 3.8) is 0 Å². The monoisotopic (exact) mass is 341 g/mol. The van der Waals surface area contributed by atoms with Crippen molar-refractivity contribution in [3.05, 3.63) is 61.3 Å². The highest BCUT2D eigenvalue weighted by molar-refractivity contribution is 9.11. The van der Waals surface area contributed by atoms with Crippen molar-refractivity contribution in [3.8, 4) is 0 Å². The molecule has 0 bridgehead atoms. The van der Waals surface area contributed by atoms with Crippen molar-refractivity contribution in [2.45, 2.75) is 12.8 Å². The fraction of sp³-hybridized carbons (Fsp3) is 0.143. The van der Waals surface area contributed by atoms with E-state index in [1.165, 1.54) is 11.1 Å². The predicted octanol–water partition coefficient (Wildman–Crippen LogP) is 5.05. The van der Waals surface area contributed by atoms with Gasteiger partial charge in [-0.25, -0.2) is 0 Å². The number of halogens is 3. The Morgan fingerprint density at radius 3 is 2.78 bits per heavy atom. The summed E-state index contributed by atoms with van der Waals surface area (Å²) in [5.74, 6) is 0. The fourth-order valence-electron chi connectivity index (χ4n) is 2.29. The Bertz CT molecular complexity index is 614. The first-order chi connectivity index (χ1) is 8.63. The van der Waals surface area contributed by atoms with Crippen LogP contribution < -0.4 is 5.32 Å². The Balaban J connectivity index is 2.13. The lowest BCUT2D eigenvalue weighted by Gasteiger charge is -2.14. The second-order valence-electron chi connectivity index (χ2n) is 4.36. The Morgan fingerprint density at radius 1 is 1.11 bits per heavy atom. The molecule has 0 saturated carbocycles. The SMILES string of the molecule is Clc1cc(Cl)c2c(c1)CCC1=CC(Br)=CNC1=C2. The maximum Gasteiger partial charge on any atom is 0.0496 e. The van der Waals surface area contributed by atoms with Gasteiger partial charge in [0, 0.05) is 26.4 Å². The molecule has 0 spiro atoms. The number of dihydropyridines is 1. The summed E-state index contributed by atoms with van der Waals surface area (Å²) in [6.45, 7) is 0. The summed E-state index contributed by atoms with van der Waals surface area (Å²) >= 11 is 15.8. The van der Waals surface area contributed by atoms with Gasteiger partial charge in [-0.05, 0) is 69.8 Å². The summed E-state index contributed by atoms with van der Waals surface area (Å²) < 4.78 is 1.06. The number of hydrogen-bond donors (Lipinski definition) is 1. The van der Waals surface area contributed by atoms with E-state index in [0.717, 1.165) is 28.6 Å². The molecular formula is C14H10BrCl2N. The first-order valence-electron chi connectivity index (χ1n) is 5.66. The Labute approximate surface area is 124 Å². The minimum absolute atomic E-state index is 0.697. The lowest BCUT2D eigenvalue weighted by Crippen LogP contribution is -2.11. The third kappa shape index (κ3) is 2.25. The van der Waals surface area contributed by atoms with E-state index in [0.29, 0.717) is 10.0 Å². The number of allylic oxidation sites excluding steroid dienone is 3. The molecule has 1 heterocycles. The van der Waals surface area contributed by atoms with Gasteiger partial charge in [0.1, 0.15) is 0 Å². The standard InChI is InChI=1S/C14H10BrCl2N/c15-10-3-9-2-1-8-4-11(16)5-13(17)12(8)6-14(9)18-7-10/h3-7,18H,1-2H2. The van der Waals surface area contributed by atoms with Crippen LogP contribution in [0.25, 0.3) is 6.08 Å². The quantitative estimate of drug-likeness (QED) is 0.695. The van der Waals surface area contributed by atoms with Crippen molar-refractivity contribution in [1.29, 1.82) is 0 Å². The van der Waals surface area contributed by atoms with E-state index >= 15 is 0 Å². The summed E-state index contributed by atoms with van der Waals surface area (Å²) in [6, 6.07) is 3.79. The maximum atomic E-state index is 6.28. The molecule has 3 rings (SSSR count). The summed E-state index contributed by atoms with van der Waals surface area (Å²) in [5, 5.41) is 4.69.